The molecule has 1 heterocycles. The first-order chi connectivity index (χ1) is 11.9. The highest BCUT2D eigenvalue weighted by atomic mass is 79.9. The molecule has 3 N–H and O–H groups in total. The molecule has 0 bridgehead atoms. The van der Waals surface area contributed by atoms with E-state index in [1.165, 1.54) is 0 Å². The monoisotopic (exact) mass is 433 g/mol. The Morgan fingerprint density at radius 3 is 2.27 bits per heavy atom. The predicted molar refractivity (Wildman–Crippen MR) is 93.5 cm³/mol. The van der Waals surface area contributed by atoms with Crippen LogP contribution in [-0.4, -0.2) is 33.4 Å². The van der Waals surface area contributed by atoms with Crippen molar-refractivity contribution in [1.29, 1.82) is 0 Å². The summed E-state index contributed by atoms with van der Waals surface area (Å²) in [7, 11) is 0. The third-order valence-corrected chi connectivity index (χ3v) is 6.44. The minimum absolute atomic E-state index is 0.0961. The summed E-state index contributed by atoms with van der Waals surface area (Å²) < 4.78 is 39.9. The number of alkyl halides is 3. The van der Waals surface area contributed by atoms with Crippen LogP contribution >= 0.6 is 15.9 Å². The van der Waals surface area contributed by atoms with E-state index >= 15 is 0 Å². The van der Waals surface area contributed by atoms with E-state index in [2.05, 4.69) is 21.2 Å². The Bertz CT molecular complexity index is 809. The Labute approximate surface area is 157 Å². The number of carbonyl (C=O) groups excluding carboxylic acids is 1. The third-order valence-electron chi connectivity index (χ3n) is 5.59. The normalized spacial score (nSPS) is 29.4. The first kappa shape index (κ1) is 19.2. The molecule has 1 aromatic carbocycles. The number of amides is 1. The van der Waals surface area contributed by atoms with Crippen molar-refractivity contribution in [2.24, 2.45) is 0 Å². The minimum Gasteiger partial charge on any atom is -0.509 e. The summed E-state index contributed by atoms with van der Waals surface area (Å²) in [5, 5.41) is 23.4. The maximum absolute atomic E-state index is 13.0. The van der Waals surface area contributed by atoms with Crippen molar-refractivity contribution < 1.29 is 28.2 Å². The Morgan fingerprint density at radius 2 is 1.73 bits per heavy atom. The van der Waals surface area contributed by atoms with E-state index < -0.39 is 36.1 Å². The Balaban J connectivity index is 2.03. The van der Waals surface area contributed by atoms with Gasteiger partial charge in [0.1, 0.15) is 5.76 Å². The molecular formula is C18H19BrF3NO3. The van der Waals surface area contributed by atoms with Gasteiger partial charge in [-0.3, -0.25) is 4.79 Å². The molecule has 1 aromatic rings. The van der Waals surface area contributed by atoms with Crippen molar-refractivity contribution in [3.05, 3.63) is 39.1 Å². The van der Waals surface area contributed by atoms with Crippen LogP contribution in [0.1, 0.15) is 42.4 Å². The minimum atomic E-state index is -4.74. The first-order valence-corrected chi connectivity index (χ1v) is 9.03. The van der Waals surface area contributed by atoms with Crippen molar-refractivity contribution in [2.45, 2.75) is 56.8 Å². The number of nitrogens with one attached hydrogen (secondary N) is 1. The van der Waals surface area contributed by atoms with Crippen molar-refractivity contribution in [3.8, 4) is 0 Å². The van der Waals surface area contributed by atoms with Crippen LogP contribution in [-0.2, 0) is 4.79 Å². The molecular weight excluding hydrogens is 415 g/mol. The topological polar surface area (TPSA) is 69.6 Å². The Kier molecular flexibility index (Phi) is 4.43. The fourth-order valence-electron chi connectivity index (χ4n) is 3.86. The summed E-state index contributed by atoms with van der Waals surface area (Å²) in [4.78, 5) is 12.6. The van der Waals surface area contributed by atoms with Gasteiger partial charge in [0.15, 0.2) is 5.60 Å². The van der Waals surface area contributed by atoms with E-state index in [0.717, 1.165) is 15.6 Å². The van der Waals surface area contributed by atoms with Crippen LogP contribution in [0.25, 0.3) is 5.57 Å². The molecule has 0 saturated heterocycles. The summed E-state index contributed by atoms with van der Waals surface area (Å²) in [6, 6.07) is 3.63. The van der Waals surface area contributed by atoms with Gasteiger partial charge in [0.25, 0.3) is 5.91 Å². The van der Waals surface area contributed by atoms with Gasteiger partial charge in [-0.1, -0.05) is 22.0 Å². The van der Waals surface area contributed by atoms with Gasteiger partial charge < -0.3 is 15.5 Å². The molecule has 4 nitrogen and oxygen atoms in total. The second-order valence-electron chi connectivity index (χ2n) is 7.15. The lowest BCUT2D eigenvalue weighted by molar-refractivity contribution is -0.272. The van der Waals surface area contributed by atoms with Crippen molar-refractivity contribution in [1.82, 2.24) is 5.32 Å². The first-order valence-electron chi connectivity index (χ1n) is 8.23. The fourth-order valence-corrected chi connectivity index (χ4v) is 4.19. The van der Waals surface area contributed by atoms with Gasteiger partial charge in [0.2, 0.25) is 0 Å². The summed E-state index contributed by atoms with van der Waals surface area (Å²) in [6.45, 7) is 3.60. The summed E-state index contributed by atoms with van der Waals surface area (Å²) in [5.41, 5.74) is -1.83. The molecule has 1 fully saturated rings. The number of benzene rings is 1. The van der Waals surface area contributed by atoms with E-state index in [9.17, 15) is 28.2 Å². The highest BCUT2D eigenvalue weighted by Crippen LogP contribution is 2.49. The van der Waals surface area contributed by atoms with E-state index in [-0.39, 0.29) is 24.2 Å². The van der Waals surface area contributed by atoms with Crippen LogP contribution in [0.3, 0.4) is 0 Å². The van der Waals surface area contributed by atoms with E-state index in [0.29, 0.717) is 5.56 Å². The lowest BCUT2D eigenvalue weighted by Gasteiger charge is -2.42. The zero-order valence-electron chi connectivity index (χ0n) is 14.3. The van der Waals surface area contributed by atoms with Gasteiger partial charge in [-0.05, 0) is 62.3 Å². The molecule has 1 aliphatic carbocycles. The molecule has 0 aromatic heterocycles. The molecule has 0 radical (unpaired) electrons. The van der Waals surface area contributed by atoms with Crippen molar-refractivity contribution >= 4 is 27.4 Å². The highest BCUT2D eigenvalue weighted by Gasteiger charge is 2.60. The molecule has 26 heavy (non-hydrogen) atoms. The summed E-state index contributed by atoms with van der Waals surface area (Å²) >= 11 is 3.40. The highest BCUT2D eigenvalue weighted by molar-refractivity contribution is 9.10. The molecule has 2 aliphatic rings. The average molecular weight is 434 g/mol. The smallest absolute Gasteiger partial charge is 0.417 e. The number of aliphatic hydroxyl groups is 2. The molecule has 1 saturated carbocycles. The van der Waals surface area contributed by atoms with Gasteiger partial charge in [-0.25, -0.2) is 0 Å². The van der Waals surface area contributed by atoms with Crippen molar-refractivity contribution in [2.75, 3.05) is 0 Å². The fraction of sp³-hybridized carbons (Fsp3) is 0.500. The number of hydrogen-bond acceptors (Lipinski definition) is 3. The molecule has 1 aliphatic heterocycles. The predicted octanol–water partition coefficient (Wildman–Crippen LogP) is 4.07. The maximum atomic E-state index is 13.0. The van der Waals surface area contributed by atoms with Crippen LogP contribution in [0, 0.1) is 13.8 Å². The largest absolute Gasteiger partial charge is 0.509 e. The molecule has 1 amide bonds. The quantitative estimate of drug-likeness (QED) is 0.624. The van der Waals surface area contributed by atoms with Crippen LogP contribution in [0.5, 0.6) is 0 Å². The Morgan fingerprint density at radius 1 is 1.15 bits per heavy atom. The SMILES string of the molecule is Cc1ccc(Br)c(C)c1C1=C(O)[C@]2(CC[C@@](O)(C(F)(F)F)CC2)NC1=O. The molecule has 1 spiro atoms. The lowest BCUT2D eigenvalue weighted by Crippen LogP contribution is -2.56. The van der Waals surface area contributed by atoms with Crippen LogP contribution in [0.4, 0.5) is 13.2 Å². The second-order valence-corrected chi connectivity index (χ2v) is 8.01. The van der Waals surface area contributed by atoms with Gasteiger partial charge >= 0.3 is 6.18 Å². The van der Waals surface area contributed by atoms with Crippen LogP contribution in [0.2, 0.25) is 0 Å². The standard InChI is InChI=1S/C18H19BrF3NO3/c1-9-3-4-11(19)10(2)12(9)13-14(24)16(23-15(13)25)5-7-17(26,8-6-16)18(20,21)22/h3-4,24,26H,5-8H2,1-2H3,(H,23,25)/t16-,17+. The number of rotatable bonds is 1. The van der Waals surface area contributed by atoms with Crippen LogP contribution in [0.15, 0.2) is 22.4 Å². The zero-order valence-corrected chi connectivity index (χ0v) is 15.9. The molecule has 142 valence electrons. The lowest BCUT2D eigenvalue weighted by atomic mass is 9.73. The van der Waals surface area contributed by atoms with Gasteiger partial charge in [-0.2, -0.15) is 13.2 Å². The third kappa shape index (κ3) is 2.74. The molecule has 0 unspecified atom stereocenters. The van der Waals surface area contributed by atoms with Crippen molar-refractivity contribution in [3.63, 3.8) is 0 Å². The number of halogens is 4. The average Bonchev–Trinajstić information content (AvgIpc) is 2.78. The van der Waals surface area contributed by atoms with E-state index in [4.69, 9.17) is 0 Å². The molecule has 3 rings (SSSR count). The van der Waals surface area contributed by atoms with E-state index in [1.807, 2.05) is 6.07 Å². The van der Waals surface area contributed by atoms with E-state index in [1.54, 1.807) is 19.9 Å². The van der Waals surface area contributed by atoms with Gasteiger partial charge in [-0.15, -0.1) is 0 Å². The van der Waals surface area contributed by atoms with Crippen LogP contribution < -0.4 is 5.32 Å². The Hall–Kier alpha value is -1.54. The molecule has 8 heteroatoms. The number of carbonyl (C=O) groups is 1. The summed E-state index contributed by atoms with van der Waals surface area (Å²) in [5.74, 6) is -0.750. The maximum Gasteiger partial charge on any atom is 0.417 e. The summed E-state index contributed by atoms with van der Waals surface area (Å²) in [6.07, 6.45) is -6.27. The number of aryl methyl sites for hydroxylation is 1. The zero-order chi connectivity index (χ0) is 19.5. The second kappa shape index (κ2) is 5.99. The molecule has 0 atom stereocenters. The van der Waals surface area contributed by atoms with Gasteiger partial charge in [0.05, 0.1) is 11.1 Å². The number of aliphatic hydroxyl groups excluding tert-OH is 1. The number of hydrogen-bond donors (Lipinski definition) is 3. The van der Waals surface area contributed by atoms with Gasteiger partial charge in [0, 0.05) is 4.47 Å².